The highest BCUT2D eigenvalue weighted by Gasteiger charge is 2.63. The van der Waals surface area contributed by atoms with Crippen LogP contribution in [0.3, 0.4) is 0 Å². The number of alkyl halides is 6. The van der Waals surface area contributed by atoms with Gasteiger partial charge in [-0.15, -0.1) is 10.2 Å². The van der Waals surface area contributed by atoms with Gasteiger partial charge >= 0.3 is 12.4 Å². The second kappa shape index (κ2) is 8.50. The number of halogens is 6. The predicted octanol–water partition coefficient (Wildman–Crippen LogP) is 4.39. The van der Waals surface area contributed by atoms with Gasteiger partial charge in [-0.2, -0.15) is 31.3 Å². The van der Waals surface area contributed by atoms with Gasteiger partial charge in [0.1, 0.15) is 11.4 Å². The largest absolute Gasteiger partial charge is 0.456 e. The maximum atomic E-state index is 13.5. The Labute approximate surface area is 194 Å². The third kappa shape index (κ3) is 4.46. The van der Waals surface area contributed by atoms with Crippen molar-refractivity contribution >= 4 is 11.6 Å². The molecule has 0 spiro atoms. The van der Waals surface area contributed by atoms with Crippen molar-refractivity contribution in [2.45, 2.75) is 55.6 Å². The molecule has 2 aliphatic rings. The molecule has 2 fully saturated rings. The van der Waals surface area contributed by atoms with Crippen molar-refractivity contribution in [3.8, 4) is 5.88 Å². The highest BCUT2D eigenvalue weighted by atomic mass is 19.4. The van der Waals surface area contributed by atoms with Gasteiger partial charge in [-0.3, -0.25) is 4.40 Å². The molecule has 0 bridgehead atoms. The molecule has 2 atom stereocenters. The number of ether oxygens (including phenoxy) is 2. The summed E-state index contributed by atoms with van der Waals surface area (Å²) in [5.74, 6) is -0.653. The number of anilines is 1. The van der Waals surface area contributed by atoms with E-state index in [1.165, 1.54) is 0 Å². The first kappa shape index (κ1) is 23.6. The van der Waals surface area contributed by atoms with Gasteiger partial charge in [0.15, 0.2) is 5.65 Å². The number of nitrogens with one attached hydrogen (secondary N) is 1. The average Bonchev–Trinajstić information content (AvgIpc) is 3.19. The van der Waals surface area contributed by atoms with Gasteiger partial charge in [0, 0.05) is 24.4 Å². The fourth-order valence-electron chi connectivity index (χ4n) is 4.34. The molecule has 0 radical (unpaired) electrons. The second-order valence-corrected chi connectivity index (χ2v) is 8.69. The van der Waals surface area contributed by atoms with Crippen molar-refractivity contribution in [2.24, 2.45) is 0 Å². The Morgan fingerprint density at radius 2 is 1.89 bits per heavy atom. The molecule has 5 rings (SSSR count). The van der Waals surface area contributed by atoms with Crippen LogP contribution in [0.25, 0.3) is 5.65 Å². The van der Waals surface area contributed by atoms with Gasteiger partial charge < -0.3 is 14.8 Å². The highest BCUT2D eigenvalue weighted by Crippen LogP contribution is 2.43. The fourth-order valence-corrected chi connectivity index (χ4v) is 4.34. The van der Waals surface area contributed by atoms with Crippen LogP contribution in [0.4, 0.5) is 32.3 Å². The molecular weight excluding hydrogens is 482 g/mol. The van der Waals surface area contributed by atoms with Gasteiger partial charge in [0.25, 0.3) is 5.60 Å². The SMILES string of the molecule is FC(F)(F)c1cnc(N[C@@H]2CCC[C@H](c3nnc4ccccn34)C2)nc1OC1(C(F)(F)F)COC1. The van der Waals surface area contributed by atoms with Crippen LogP contribution in [0.2, 0.25) is 0 Å². The van der Waals surface area contributed by atoms with Gasteiger partial charge in [-0.1, -0.05) is 12.5 Å². The summed E-state index contributed by atoms with van der Waals surface area (Å²) in [6.45, 7) is -1.84. The lowest BCUT2D eigenvalue weighted by atomic mass is 9.85. The van der Waals surface area contributed by atoms with Crippen LogP contribution in [-0.4, -0.2) is 55.6 Å². The van der Waals surface area contributed by atoms with Gasteiger partial charge in [0.05, 0.1) is 13.2 Å². The maximum Gasteiger partial charge on any atom is 0.432 e. The Bertz CT molecular complexity index is 1210. The number of hydrogen-bond donors (Lipinski definition) is 1. The summed E-state index contributed by atoms with van der Waals surface area (Å²) in [7, 11) is 0. The van der Waals surface area contributed by atoms with E-state index in [1.54, 1.807) is 0 Å². The minimum atomic E-state index is -5.00. The lowest BCUT2D eigenvalue weighted by Gasteiger charge is -2.42. The smallest absolute Gasteiger partial charge is 0.432 e. The lowest BCUT2D eigenvalue weighted by Crippen LogP contribution is -2.64. The topological polar surface area (TPSA) is 86.5 Å². The van der Waals surface area contributed by atoms with E-state index in [1.807, 2.05) is 28.8 Å². The van der Waals surface area contributed by atoms with Crippen molar-refractivity contribution in [2.75, 3.05) is 18.5 Å². The predicted molar refractivity (Wildman–Crippen MR) is 109 cm³/mol. The molecular formula is C21H20F6N6O2. The number of aromatic nitrogens is 5. The van der Waals surface area contributed by atoms with Crippen molar-refractivity contribution in [1.29, 1.82) is 0 Å². The average molecular weight is 502 g/mol. The minimum Gasteiger partial charge on any atom is -0.456 e. The standard InChI is InChI=1S/C21H20F6N6O2/c22-20(23,24)14-9-28-18(30-17(14)35-19(10-34-11-19)21(25,26)27)29-13-5-3-4-12(8-13)16-32-31-15-6-1-2-7-33(15)16/h1-2,6-7,9,12-13H,3-5,8,10-11H2,(H,28,29,30)/t12-,13+/m0/s1. The summed E-state index contributed by atoms with van der Waals surface area (Å²) >= 11 is 0. The van der Waals surface area contributed by atoms with Crippen LogP contribution in [0.5, 0.6) is 5.88 Å². The zero-order valence-corrected chi connectivity index (χ0v) is 18.1. The van der Waals surface area contributed by atoms with E-state index in [4.69, 9.17) is 4.74 Å². The number of hydrogen-bond acceptors (Lipinski definition) is 7. The highest BCUT2D eigenvalue weighted by molar-refractivity contribution is 5.39. The maximum absolute atomic E-state index is 13.5. The molecule has 8 nitrogen and oxygen atoms in total. The Kier molecular flexibility index (Phi) is 5.73. The summed E-state index contributed by atoms with van der Waals surface area (Å²) in [5.41, 5.74) is -3.68. The molecule has 4 heterocycles. The van der Waals surface area contributed by atoms with E-state index in [0.717, 1.165) is 18.7 Å². The Hall–Kier alpha value is -3.16. The first-order chi connectivity index (χ1) is 16.6. The molecule has 0 aromatic carbocycles. The van der Waals surface area contributed by atoms with Crippen LogP contribution < -0.4 is 10.1 Å². The molecule has 1 aliphatic carbocycles. The molecule has 188 valence electrons. The quantitative estimate of drug-likeness (QED) is 0.518. The van der Waals surface area contributed by atoms with Crippen LogP contribution in [-0.2, 0) is 10.9 Å². The van der Waals surface area contributed by atoms with E-state index < -0.39 is 42.6 Å². The van der Waals surface area contributed by atoms with E-state index in [2.05, 4.69) is 30.2 Å². The third-order valence-corrected chi connectivity index (χ3v) is 6.25. The van der Waals surface area contributed by atoms with Gasteiger partial charge in [-0.05, 0) is 31.4 Å². The number of fused-ring (bicyclic) bond motifs is 1. The molecule has 3 aromatic heterocycles. The van der Waals surface area contributed by atoms with Crippen molar-refractivity contribution < 1.29 is 35.8 Å². The second-order valence-electron chi connectivity index (χ2n) is 8.69. The summed E-state index contributed by atoms with van der Waals surface area (Å²) < 4.78 is 92.1. The third-order valence-electron chi connectivity index (χ3n) is 6.25. The molecule has 1 saturated carbocycles. The Morgan fingerprint density at radius 1 is 1.09 bits per heavy atom. The Balaban J connectivity index is 1.37. The molecule has 0 amide bonds. The number of pyridine rings is 1. The van der Waals surface area contributed by atoms with E-state index in [0.29, 0.717) is 24.7 Å². The molecule has 1 N–H and O–H groups in total. The van der Waals surface area contributed by atoms with Crippen LogP contribution in [0, 0.1) is 0 Å². The first-order valence-electron chi connectivity index (χ1n) is 10.9. The lowest BCUT2D eigenvalue weighted by molar-refractivity contribution is -0.324. The van der Waals surface area contributed by atoms with E-state index in [-0.39, 0.29) is 17.9 Å². The number of nitrogens with zero attached hydrogens (tertiary/aromatic N) is 5. The van der Waals surface area contributed by atoms with Crippen LogP contribution in [0.1, 0.15) is 43.0 Å². The molecule has 14 heteroatoms. The first-order valence-corrected chi connectivity index (χ1v) is 10.9. The summed E-state index contributed by atoms with van der Waals surface area (Å²) in [6, 6.07) is 5.29. The molecule has 0 unspecified atom stereocenters. The normalized spacial score (nSPS) is 22.6. The van der Waals surface area contributed by atoms with Crippen molar-refractivity contribution in [3.05, 3.63) is 42.0 Å². The number of rotatable bonds is 5. The summed E-state index contributed by atoms with van der Waals surface area (Å²) in [6.07, 6.45) is -4.79. The zero-order valence-electron chi connectivity index (χ0n) is 18.1. The van der Waals surface area contributed by atoms with Gasteiger partial charge in [0.2, 0.25) is 11.8 Å². The molecule has 1 saturated heterocycles. The zero-order chi connectivity index (χ0) is 24.8. The minimum absolute atomic E-state index is 0.0180. The molecule has 3 aromatic rings. The van der Waals surface area contributed by atoms with Crippen LogP contribution >= 0.6 is 0 Å². The molecule has 35 heavy (non-hydrogen) atoms. The summed E-state index contributed by atoms with van der Waals surface area (Å²) in [5, 5.41) is 11.4. The Morgan fingerprint density at radius 3 is 2.57 bits per heavy atom. The summed E-state index contributed by atoms with van der Waals surface area (Å²) in [4.78, 5) is 7.40. The van der Waals surface area contributed by atoms with Crippen molar-refractivity contribution in [1.82, 2.24) is 24.6 Å². The van der Waals surface area contributed by atoms with E-state index >= 15 is 0 Å². The molecule has 1 aliphatic heterocycles. The monoisotopic (exact) mass is 502 g/mol. The van der Waals surface area contributed by atoms with Crippen LogP contribution in [0.15, 0.2) is 30.6 Å². The fraction of sp³-hybridized carbons (Fsp3) is 0.524. The van der Waals surface area contributed by atoms with Gasteiger partial charge in [-0.25, -0.2) is 4.98 Å². The van der Waals surface area contributed by atoms with E-state index in [9.17, 15) is 26.3 Å². The van der Waals surface area contributed by atoms with Crippen molar-refractivity contribution in [3.63, 3.8) is 0 Å².